The smallest absolute Gasteiger partial charge is 0.218 e. The third kappa shape index (κ3) is 6.38. The second-order valence-electron chi connectivity index (χ2n) is 9.20. The molecule has 0 N–H and O–H groups in total. The molecule has 0 amide bonds. The summed E-state index contributed by atoms with van der Waals surface area (Å²) in [6, 6.07) is 0. The molecular formula is C29H16F16O5S. The van der Waals surface area contributed by atoms with Gasteiger partial charge in [-0.1, -0.05) is 14.9 Å². The maximum atomic E-state index is 14.9. The first-order valence-electron chi connectivity index (χ1n) is 12.1. The van der Waals surface area contributed by atoms with Gasteiger partial charge in [0.2, 0.25) is 56.2 Å². The molecule has 0 fully saturated rings. The fourth-order valence-corrected chi connectivity index (χ4v) is 5.58. The van der Waals surface area contributed by atoms with Crippen LogP contribution in [-0.4, -0.2) is 22.3 Å². The maximum absolute atomic E-state index is 14.9. The number of rotatable bonds is 8. The summed E-state index contributed by atoms with van der Waals surface area (Å²) in [4.78, 5) is -5.81. The summed E-state index contributed by atoms with van der Waals surface area (Å²) in [7, 11) is -5.80. The van der Waals surface area contributed by atoms with Gasteiger partial charge in [0.25, 0.3) is 0 Å². The molecule has 0 atom stereocenters. The van der Waals surface area contributed by atoms with Gasteiger partial charge in [-0.15, -0.1) is 0 Å². The van der Waals surface area contributed by atoms with E-state index in [1.165, 1.54) is 0 Å². The number of hydrogen-bond acceptors (Lipinski definition) is 5. The summed E-state index contributed by atoms with van der Waals surface area (Å²) in [6.45, 7) is -0.670. The van der Waals surface area contributed by atoms with Gasteiger partial charge in [0.15, 0.2) is 70.7 Å². The number of ether oxygens (including phenoxy) is 3. The van der Waals surface area contributed by atoms with E-state index in [1.54, 1.807) is 0 Å². The van der Waals surface area contributed by atoms with E-state index in [1.807, 2.05) is 0 Å². The Kier molecular flexibility index (Phi) is 12.4. The highest BCUT2D eigenvalue weighted by Gasteiger charge is 2.42. The van der Waals surface area contributed by atoms with E-state index in [4.69, 9.17) is 0 Å². The van der Waals surface area contributed by atoms with Crippen LogP contribution in [0, 0.1) is 100.0 Å². The van der Waals surface area contributed by atoms with Crippen LogP contribution in [0.2, 0.25) is 0 Å². The Bertz CT molecular complexity index is 2080. The van der Waals surface area contributed by atoms with Crippen molar-refractivity contribution in [1.29, 1.82) is 0 Å². The zero-order chi connectivity index (χ0) is 37.2. The van der Waals surface area contributed by atoms with E-state index in [2.05, 4.69) is 14.2 Å². The Hall–Kier alpha value is -4.73. The standard InChI is InChI=1S/C27H8F16O5S.2CH4/c1-4-7(28)19(40)26(20(41)8(4)29)49(44,45)27-21(42)17(38)25(18(39)22(27)43)48-24-15(36)11(32)6(12(33)16(24)37)5-9(30)13(34)23(47-3-46-2)14(35)10(5)31;;/h3H2,1-2H3;2*1H4. The molecule has 0 aromatic heterocycles. The Labute approximate surface area is 275 Å². The minimum absolute atomic E-state index is 0. The average molecular weight is 780 g/mol. The number of benzene rings is 4. The van der Waals surface area contributed by atoms with E-state index in [9.17, 15) is 78.7 Å². The largest absolute Gasteiger partial charge is 0.461 e. The van der Waals surface area contributed by atoms with Crippen LogP contribution in [-0.2, 0) is 14.6 Å². The van der Waals surface area contributed by atoms with E-state index in [-0.39, 0.29) is 14.9 Å². The fourth-order valence-electron chi connectivity index (χ4n) is 4.07. The fraction of sp³-hybridized carbons (Fsp3) is 0.172. The Morgan fingerprint density at radius 1 is 0.431 bits per heavy atom. The van der Waals surface area contributed by atoms with Crippen LogP contribution >= 0.6 is 0 Å². The lowest BCUT2D eigenvalue weighted by Crippen LogP contribution is -2.18. The van der Waals surface area contributed by atoms with Gasteiger partial charge in [0.1, 0.15) is 9.79 Å². The Morgan fingerprint density at radius 3 is 1.02 bits per heavy atom. The summed E-state index contributed by atoms with van der Waals surface area (Å²) >= 11 is 0. The molecule has 51 heavy (non-hydrogen) atoms. The van der Waals surface area contributed by atoms with Crippen molar-refractivity contribution in [3.05, 3.63) is 98.6 Å². The molecule has 0 aliphatic rings. The Morgan fingerprint density at radius 2 is 0.706 bits per heavy atom. The first kappa shape index (κ1) is 42.4. The second-order valence-corrected chi connectivity index (χ2v) is 11.0. The molecule has 4 aromatic rings. The van der Waals surface area contributed by atoms with E-state index >= 15 is 0 Å². The topological polar surface area (TPSA) is 61.8 Å². The highest BCUT2D eigenvalue weighted by molar-refractivity contribution is 7.91. The second kappa shape index (κ2) is 14.9. The van der Waals surface area contributed by atoms with Crippen molar-refractivity contribution in [3.8, 4) is 28.4 Å². The maximum Gasteiger partial charge on any atom is 0.218 e. The third-order valence-electron chi connectivity index (χ3n) is 6.38. The van der Waals surface area contributed by atoms with Crippen LogP contribution in [0.1, 0.15) is 20.4 Å². The molecule has 0 unspecified atom stereocenters. The normalized spacial score (nSPS) is 11.3. The zero-order valence-electron chi connectivity index (χ0n) is 23.2. The SMILES string of the molecule is C.C.COCOc1c(F)c(F)c(-c2c(F)c(F)c(Oc3c(F)c(F)c(S(=O)(=O)c4c(F)c(F)c(C)c(F)c4F)c(F)c3F)c(F)c2F)c(F)c1F. The molecular weight excluding hydrogens is 764 g/mol. The molecule has 0 aliphatic heterocycles. The van der Waals surface area contributed by atoms with Gasteiger partial charge in [-0.2, -0.15) is 26.3 Å². The average Bonchev–Trinajstić information content (AvgIpc) is 3.04. The molecule has 0 heterocycles. The van der Waals surface area contributed by atoms with Crippen LogP contribution in [0.4, 0.5) is 70.2 Å². The van der Waals surface area contributed by atoms with Gasteiger partial charge in [-0.25, -0.2) is 52.3 Å². The molecule has 0 saturated carbocycles. The number of sulfone groups is 1. The number of hydrogen-bond donors (Lipinski definition) is 0. The summed E-state index contributed by atoms with van der Waals surface area (Å²) in [6.07, 6.45) is 0. The molecule has 0 bridgehead atoms. The minimum atomic E-state index is -6.68. The molecule has 0 aliphatic carbocycles. The van der Waals surface area contributed by atoms with Gasteiger partial charge in [-0.3, -0.25) is 0 Å². The summed E-state index contributed by atoms with van der Waals surface area (Å²) < 4.78 is 271. The monoisotopic (exact) mass is 780 g/mol. The first-order chi connectivity index (χ1) is 22.7. The minimum Gasteiger partial charge on any atom is -0.461 e. The molecule has 4 rings (SSSR count). The molecule has 0 radical (unpaired) electrons. The first-order valence-corrected chi connectivity index (χ1v) is 13.6. The molecule has 280 valence electrons. The summed E-state index contributed by atoms with van der Waals surface area (Å²) in [5, 5.41) is 0. The van der Waals surface area contributed by atoms with Crippen molar-refractivity contribution in [2.75, 3.05) is 13.9 Å². The van der Waals surface area contributed by atoms with E-state index in [0.29, 0.717) is 6.92 Å². The van der Waals surface area contributed by atoms with Crippen LogP contribution in [0.15, 0.2) is 9.79 Å². The van der Waals surface area contributed by atoms with Crippen LogP contribution in [0.5, 0.6) is 17.2 Å². The summed E-state index contributed by atoms with van der Waals surface area (Å²) in [5.41, 5.74) is -6.51. The molecule has 0 saturated heterocycles. The van der Waals surface area contributed by atoms with Gasteiger partial charge >= 0.3 is 0 Å². The van der Waals surface area contributed by atoms with Gasteiger partial charge < -0.3 is 14.2 Å². The summed E-state index contributed by atoms with van der Waals surface area (Å²) in [5.74, 6) is -53.4. The van der Waals surface area contributed by atoms with Crippen molar-refractivity contribution in [3.63, 3.8) is 0 Å². The van der Waals surface area contributed by atoms with E-state index < -0.39 is 153 Å². The van der Waals surface area contributed by atoms with Gasteiger partial charge in [0.05, 0.1) is 11.1 Å². The van der Waals surface area contributed by atoms with Gasteiger partial charge in [-0.05, 0) is 6.92 Å². The number of methoxy groups -OCH3 is 1. The zero-order valence-corrected chi connectivity index (χ0v) is 24.0. The van der Waals surface area contributed by atoms with Crippen molar-refractivity contribution in [2.45, 2.75) is 31.6 Å². The predicted octanol–water partition coefficient (Wildman–Crippen LogP) is 9.77. The van der Waals surface area contributed by atoms with Crippen molar-refractivity contribution >= 4 is 9.84 Å². The molecule has 4 aromatic carbocycles. The van der Waals surface area contributed by atoms with Crippen molar-refractivity contribution < 1.29 is 92.9 Å². The lowest BCUT2D eigenvalue weighted by molar-refractivity contribution is 0.0441. The van der Waals surface area contributed by atoms with E-state index in [0.717, 1.165) is 7.11 Å². The lowest BCUT2D eigenvalue weighted by Gasteiger charge is -2.17. The molecule has 5 nitrogen and oxygen atoms in total. The van der Waals surface area contributed by atoms with Crippen molar-refractivity contribution in [1.82, 2.24) is 0 Å². The highest BCUT2D eigenvalue weighted by Crippen LogP contribution is 2.45. The van der Waals surface area contributed by atoms with Gasteiger partial charge in [0, 0.05) is 12.7 Å². The molecule has 0 spiro atoms. The lowest BCUT2D eigenvalue weighted by atomic mass is 10.0. The van der Waals surface area contributed by atoms with Crippen molar-refractivity contribution in [2.24, 2.45) is 0 Å². The highest BCUT2D eigenvalue weighted by atomic mass is 32.2. The molecule has 22 heteroatoms. The van der Waals surface area contributed by atoms with Crippen LogP contribution in [0.25, 0.3) is 11.1 Å². The van der Waals surface area contributed by atoms with Crippen LogP contribution in [0.3, 0.4) is 0 Å². The quantitative estimate of drug-likeness (QED) is 0.101. The number of halogens is 16. The van der Waals surface area contributed by atoms with Crippen LogP contribution < -0.4 is 9.47 Å². The third-order valence-corrected chi connectivity index (χ3v) is 8.18. The Balaban J connectivity index is 0.00000451. The predicted molar refractivity (Wildman–Crippen MR) is 140 cm³/mol.